The zero-order valence-electron chi connectivity index (χ0n) is 25.4. The highest BCUT2D eigenvalue weighted by molar-refractivity contribution is 5.82. The Morgan fingerprint density at radius 3 is 1.38 bits per heavy atom. The molecule has 1 saturated heterocycles. The molecule has 6 nitrogen and oxygen atoms in total. The molecule has 0 bridgehead atoms. The van der Waals surface area contributed by atoms with Crippen molar-refractivity contribution in [3.05, 3.63) is 58.7 Å². The number of nitrogens with zero attached hydrogens (tertiary/aromatic N) is 2. The molecular weight excluding hydrogens is 496 g/mol. The van der Waals surface area contributed by atoms with E-state index < -0.39 is 0 Å². The number of carbonyl (C=O) groups excluding carboxylic acids is 2. The van der Waals surface area contributed by atoms with E-state index in [1.807, 2.05) is 41.5 Å². The number of fused-ring (bicyclic) bond motifs is 2. The van der Waals surface area contributed by atoms with Gasteiger partial charge in [0.2, 0.25) is 11.8 Å². The second-order valence-corrected chi connectivity index (χ2v) is 14.0. The molecule has 1 heterocycles. The highest BCUT2D eigenvalue weighted by Gasteiger charge is 2.32. The van der Waals surface area contributed by atoms with E-state index in [2.05, 4.69) is 56.8 Å². The van der Waals surface area contributed by atoms with Crippen molar-refractivity contribution in [2.45, 2.75) is 92.2 Å². The first-order chi connectivity index (χ1) is 18.9. The Hall–Kier alpha value is -3.02. The van der Waals surface area contributed by atoms with Crippen molar-refractivity contribution >= 4 is 23.2 Å². The second kappa shape index (κ2) is 11.1. The number of rotatable bonds is 4. The van der Waals surface area contributed by atoms with Gasteiger partial charge in [0.15, 0.2) is 0 Å². The van der Waals surface area contributed by atoms with Gasteiger partial charge in [0.1, 0.15) is 0 Å². The van der Waals surface area contributed by atoms with Crippen molar-refractivity contribution in [3.8, 4) is 0 Å². The molecule has 3 aliphatic rings. The smallest absolute Gasteiger partial charge is 0.225 e. The number of hydrogen-bond acceptors (Lipinski definition) is 4. The molecule has 2 aliphatic carbocycles. The van der Waals surface area contributed by atoms with Crippen molar-refractivity contribution < 1.29 is 9.59 Å². The fourth-order valence-electron chi connectivity index (χ4n) is 6.49. The summed E-state index contributed by atoms with van der Waals surface area (Å²) < 4.78 is 0. The molecule has 6 heteroatoms. The quantitative estimate of drug-likeness (QED) is 0.489. The Bertz CT molecular complexity index is 1150. The predicted octanol–water partition coefficient (Wildman–Crippen LogP) is 6.09. The molecule has 0 aromatic heterocycles. The molecule has 0 radical (unpaired) electrons. The minimum Gasteiger partial charge on any atom is -0.368 e. The Balaban J connectivity index is 1.30. The summed E-state index contributed by atoms with van der Waals surface area (Å²) in [5.74, 6) is 0.242. The molecule has 40 heavy (non-hydrogen) atoms. The fraction of sp³-hybridized carbons (Fsp3) is 0.588. The average molecular weight is 545 g/mol. The first-order valence-corrected chi connectivity index (χ1v) is 15.3. The molecule has 2 amide bonds. The zero-order valence-corrected chi connectivity index (χ0v) is 25.4. The highest BCUT2D eigenvalue weighted by atomic mass is 16.2. The van der Waals surface area contributed by atoms with Crippen LogP contribution in [0.15, 0.2) is 36.4 Å². The summed E-state index contributed by atoms with van der Waals surface area (Å²) in [4.78, 5) is 30.6. The number of piperazine rings is 1. The van der Waals surface area contributed by atoms with Crippen LogP contribution in [0.2, 0.25) is 0 Å². The largest absolute Gasteiger partial charge is 0.368 e. The third-order valence-corrected chi connectivity index (χ3v) is 8.90. The molecule has 2 atom stereocenters. The van der Waals surface area contributed by atoms with Gasteiger partial charge < -0.3 is 20.4 Å². The molecule has 216 valence electrons. The molecule has 1 fully saturated rings. The second-order valence-electron chi connectivity index (χ2n) is 14.0. The van der Waals surface area contributed by atoms with Gasteiger partial charge in [0.25, 0.3) is 0 Å². The van der Waals surface area contributed by atoms with Crippen molar-refractivity contribution in [2.24, 2.45) is 10.8 Å². The third-order valence-electron chi connectivity index (χ3n) is 8.90. The summed E-state index contributed by atoms with van der Waals surface area (Å²) >= 11 is 0. The lowest BCUT2D eigenvalue weighted by molar-refractivity contribution is -0.130. The average Bonchev–Trinajstić information content (AvgIpc) is 2.92. The van der Waals surface area contributed by atoms with E-state index in [4.69, 9.17) is 0 Å². The molecule has 2 aromatic carbocycles. The fourth-order valence-corrected chi connectivity index (χ4v) is 6.49. The van der Waals surface area contributed by atoms with E-state index in [9.17, 15) is 9.59 Å². The summed E-state index contributed by atoms with van der Waals surface area (Å²) in [7, 11) is 0. The van der Waals surface area contributed by atoms with Gasteiger partial charge >= 0.3 is 0 Å². The Morgan fingerprint density at radius 1 is 0.650 bits per heavy atom. The molecular formula is C34H48N4O2. The molecule has 0 saturated carbocycles. The highest BCUT2D eigenvalue weighted by Crippen LogP contribution is 2.39. The first kappa shape index (κ1) is 28.5. The Labute approximate surface area is 240 Å². The van der Waals surface area contributed by atoms with Gasteiger partial charge in [-0.25, -0.2) is 0 Å². The molecule has 1 aliphatic heterocycles. The van der Waals surface area contributed by atoms with Gasteiger partial charge in [-0.15, -0.1) is 0 Å². The lowest BCUT2D eigenvalue weighted by Gasteiger charge is -2.41. The summed E-state index contributed by atoms with van der Waals surface area (Å²) in [5.41, 5.74) is 7.32. The van der Waals surface area contributed by atoms with Crippen LogP contribution in [-0.4, -0.2) is 38.0 Å². The van der Waals surface area contributed by atoms with E-state index in [0.717, 1.165) is 64.7 Å². The normalized spacial score (nSPS) is 21.4. The lowest BCUT2D eigenvalue weighted by Crippen LogP contribution is -2.47. The minimum atomic E-state index is -0.389. The van der Waals surface area contributed by atoms with Gasteiger partial charge in [-0.05, 0) is 72.9 Å². The van der Waals surface area contributed by atoms with Gasteiger partial charge in [0.05, 0.1) is 12.1 Å². The van der Waals surface area contributed by atoms with Crippen LogP contribution in [0.5, 0.6) is 0 Å². The van der Waals surface area contributed by atoms with E-state index in [-0.39, 0.29) is 34.7 Å². The van der Waals surface area contributed by atoms with Crippen LogP contribution in [0.1, 0.15) is 102 Å². The third kappa shape index (κ3) is 5.87. The molecule has 0 spiro atoms. The van der Waals surface area contributed by atoms with Crippen LogP contribution in [0.4, 0.5) is 11.4 Å². The molecule has 2 aromatic rings. The maximum absolute atomic E-state index is 12.8. The van der Waals surface area contributed by atoms with Gasteiger partial charge in [0, 0.05) is 48.4 Å². The maximum atomic E-state index is 12.8. The van der Waals surface area contributed by atoms with Crippen molar-refractivity contribution in [2.75, 3.05) is 36.0 Å². The molecule has 2 N–H and O–H groups in total. The summed E-state index contributed by atoms with van der Waals surface area (Å²) in [5, 5.41) is 6.67. The number of amides is 2. The molecule has 2 unspecified atom stereocenters. The summed E-state index contributed by atoms with van der Waals surface area (Å²) in [6.45, 7) is 15.8. The first-order valence-electron chi connectivity index (χ1n) is 15.3. The number of benzene rings is 2. The van der Waals surface area contributed by atoms with Gasteiger partial charge in [-0.3, -0.25) is 9.59 Å². The standard InChI is InChI=1S/C34H48N4O2/c1-33(2,3)31(39)35-27-15-7-13-25-23(27)11-9-17-29(25)37-19-21-38(22-20-37)30-18-10-12-24-26(30)14-8-16-28(24)36-32(40)34(4,5)6/h9-12,17-18,27-28H,7-8,13-16,19-22H2,1-6H3,(H,35,39)(H,36,40). The van der Waals surface area contributed by atoms with Crippen molar-refractivity contribution in [1.82, 2.24) is 10.6 Å². The van der Waals surface area contributed by atoms with Crippen LogP contribution in [-0.2, 0) is 22.4 Å². The number of nitrogens with one attached hydrogen (secondary N) is 2. The topological polar surface area (TPSA) is 64.7 Å². The van der Waals surface area contributed by atoms with Crippen LogP contribution in [0, 0.1) is 10.8 Å². The minimum absolute atomic E-state index is 0.0966. The lowest BCUT2D eigenvalue weighted by atomic mass is 9.84. The number of anilines is 2. The van der Waals surface area contributed by atoms with Gasteiger partial charge in [-0.1, -0.05) is 65.8 Å². The van der Waals surface area contributed by atoms with E-state index >= 15 is 0 Å². The van der Waals surface area contributed by atoms with E-state index in [0.29, 0.717) is 0 Å². The van der Waals surface area contributed by atoms with Crippen molar-refractivity contribution in [1.29, 1.82) is 0 Å². The Kier molecular flexibility index (Phi) is 7.91. The Morgan fingerprint density at radius 2 is 1.02 bits per heavy atom. The van der Waals surface area contributed by atoms with Crippen LogP contribution < -0.4 is 20.4 Å². The van der Waals surface area contributed by atoms with Crippen LogP contribution in [0.3, 0.4) is 0 Å². The monoisotopic (exact) mass is 544 g/mol. The van der Waals surface area contributed by atoms with Crippen LogP contribution >= 0.6 is 0 Å². The zero-order chi connectivity index (χ0) is 28.7. The van der Waals surface area contributed by atoms with E-state index in [1.54, 1.807) is 0 Å². The summed E-state index contributed by atoms with van der Waals surface area (Å²) in [6, 6.07) is 13.5. The molecule has 5 rings (SSSR count). The predicted molar refractivity (Wildman–Crippen MR) is 164 cm³/mol. The maximum Gasteiger partial charge on any atom is 0.225 e. The van der Waals surface area contributed by atoms with Crippen LogP contribution in [0.25, 0.3) is 0 Å². The van der Waals surface area contributed by atoms with E-state index in [1.165, 1.54) is 33.6 Å². The number of hydrogen-bond donors (Lipinski definition) is 2. The SMILES string of the molecule is CC(C)(C)C(=O)NC1CCCc2c1cccc2N1CCN(c2cccc3c2CCCC3NC(=O)C(C)(C)C)CC1. The van der Waals surface area contributed by atoms with Gasteiger partial charge in [-0.2, -0.15) is 0 Å². The van der Waals surface area contributed by atoms with Crippen molar-refractivity contribution in [3.63, 3.8) is 0 Å². The summed E-state index contributed by atoms with van der Waals surface area (Å²) in [6.07, 6.45) is 6.35. The number of carbonyl (C=O) groups is 2.